The highest BCUT2D eigenvalue weighted by molar-refractivity contribution is 5.85. The van der Waals surface area contributed by atoms with Gasteiger partial charge >= 0.3 is 0 Å². The normalized spacial score (nSPS) is 16.2. The van der Waals surface area contributed by atoms with E-state index < -0.39 is 24.3 Å². The molecule has 1 atom stereocenters. The molecule has 1 aromatic rings. The van der Waals surface area contributed by atoms with Crippen molar-refractivity contribution < 1.29 is 13.9 Å². The maximum atomic E-state index is 13.4. The number of benzene rings is 1. The standard InChI is InChI=1S/C13H15F2N3O.2ClH/c14-7-11(18-5-3-17-4-6-18)12-9(8-16)1-2-10(15)13(12)19;;/h1-2,11,17,19H,3-7H2;2*1H/t11-;;/m0../s1. The molecule has 1 aliphatic heterocycles. The van der Waals surface area contributed by atoms with Gasteiger partial charge in [-0.2, -0.15) is 5.26 Å². The Morgan fingerprint density at radius 2 is 1.95 bits per heavy atom. The first-order valence-electron chi connectivity index (χ1n) is 6.11. The summed E-state index contributed by atoms with van der Waals surface area (Å²) in [5.74, 6) is -1.46. The SMILES string of the molecule is Cl.Cl.N#Cc1ccc(F)c(O)c1[C@H](CF)N1CCNCC1. The van der Waals surface area contributed by atoms with Gasteiger partial charge in [0.2, 0.25) is 0 Å². The van der Waals surface area contributed by atoms with Gasteiger partial charge in [0.05, 0.1) is 17.7 Å². The molecule has 0 spiro atoms. The lowest BCUT2D eigenvalue weighted by Gasteiger charge is -2.34. The molecule has 0 amide bonds. The van der Waals surface area contributed by atoms with E-state index >= 15 is 0 Å². The van der Waals surface area contributed by atoms with Gasteiger partial charge in [-0.3, -0.25) is 4.90 Å². The number of rotatable bonds is 3. The molecule has 0 unspecified atom stereocenters. The van der Waals surface area contributed by atoms with E-state index in [1.165, 1.54) is 6.07 Å². The third-order valence-electron chi connectivity index (χ3n) is 3.36. The van der Waals surface area contributed by atoms with Crippen molar-refractivity contribution in [2.75, 3.05) is 32.9 Å². The smallest absolute Gasteiger partial charge is 0.165 e. The van der Waals surface area contributed by atoms with Crippen molar-refractivity contribution >= 4 is 24.8 Å². The summed E-state index contributed by atoms with van der Waals surface area (Å²) in [7, 11) is 0. The molecule has 1 heterocycles. The molecule has 0 bridgehead atoms. The second-order valence-corrected chi connectivity index (χ2v) is 4.43. The van der Waals surface area contributed by atoms with Crippen molar-refractivity contribution in [1.29, 1.82) is 5.26 Å². The number of hydrogen-bond acceptors (Lipinski definition) is 4. The van der Waals surface area contributed by atoms with Gasteiger partial charge in [-0.1, -0.05) is 0 Å². The Balaban J connectivity index is 0.00000200. The van der Waals surface area contributed by atoms with Gasteiger partial charge in [0.1, 0.15) is 6.67 Å². The number of alkyl halides is 1. The van der Waals surface area contributed by atoms with E-state index in [0.29, 0.717) is 26.2 Å². The Labute approximate surface area is 134 Å². The zero-order chi connectivity index (χ0) is 13.8. The van der Waals surface area contributed by atoms with Gasteiger partial charge in [-0.15, -0.1) is 24.8 Å². The van der Waals surface area contributed by atoms with Crippen LogP contribution in [0, 0.1) is 17.1 Å². The van der Waals surface area contributed by atoms with Crippen LogP contribution in [0.2, 0.25) is 0 Å². The minimum atomic E-state index is -0.831. The van der Waals surface area contributed by atoms with Crippen molar-refractivity contribution in [3.8, 4) is 11.8 Å². The Kier molecular flexibility index (Phi) is 8.52. The molecule has 118 valence electrons. The largest absolute Gasteiger partial charge is 0.505 e. The van der Waals surface area contributed by atoms with E-state index in [1.54, 1.807) is 0 Å². The average molecular weight is 340 g/mol. The van der Waals surface area contributed by atoms with Gasteiger partial charge in [-0.05, 0) is 12.1 Å². The van der Waals surface area contributed by atoms with Crippen LogP contribution in [0.4, 0.5) is 8.78 Å². The maximum absolute atomic E-state index is 13.4. The highest BCUT2D eigenvalue weighted by Gasteiger charge is 2.28. The molecule has 1 aliphatic rings. The molecule has 0 radical (unpaired) electrons. The lowest BCUT2D eigenvalue weighted by Crippen LogP contribution is -2.45. The van der Waals surface area contributed by atoms with Gasteiger partial charge in [0.25, 0.3) is 0 Å². The van der Waals surface area contributed by atoms with Crippen molar-refractivity contribution in [2.24, 2.45) is 0 Å². The number of piperazine rings is 1. The van der Waals surface area contributed by atoms with E-state index in [9.17, 15) is 13.9 Å². The van der Waals surface area contributed by atoms with Crippen LogP contribution in [0.5, 0.6) is 5.75 Å². The van der Waals surface area contributed by atoms with E-state index in [2.05, 4.69) is 5.32 Å². The second kappa shape index (κ2) is 9.00. The number of phenolic OH excluding ortho intramolecular Hbond substituents is 1. The fourth-order valence-electron chi connectivity index (χ4n) is 2.37. The summed E-state index contributed by atoms with van der Waals surface area (Å²) in [5, 5.41) is 22.0. The fraction of sp³-hybridized carbons (Fsp3) is 0.462. The summed E-state index contributed by atoms with van der Waals surface area (Å²) in [6.45, 7) is 1.82. The molecule has 21 heavy (non-hydrogen) atoms. The quantitative estimate of drug-likeness (QED) is 0.885. The Bertz CT molecular complexity index is 505. The number of hydrogen-bond donors (Lipinski definition) is 2. The zero-order valence-corrected chi connectivity index (χ0v) is 12.8. The second-order valence-electron chi connectivity index (χ2n) is 4.43. The summed E-state index contributed by atoms with van der Waals surface area (Å²) in [5.41, 5.74) is 0.159. The van der Waals surface area contributed by atoms with Crippen LogP contribution in [0.15, 0.2) is 12.1 Å². The molecule has 1 aromatic carbocycles. The van der Waals surface area contributed by atoms with E-state index in [0.717, 1.165) is 6.07 Å². The summed E-state index contributed by atoms with van der Waals surface area (Å²) < 4.78 is 26.8. The highest BCUT2D eigenvalue weighted by Crippen LogP contribution is 2.34. The van der Waals surface area contributed by atoms with E-state index in [-0.39, 0.29) is 35.9 Å². The summed E-state index contributed by atoms with van der Waals surface area (Å²) >= 11 is 0. The molecule has 0 aliphatic carbocycles. The topological polar surface area (TPSA) is 59.3 Å². The first kappa shape index (κ1) is 19.9. The van der Waals surface area contributed by atoms with Gasteiger partial charge in [0.15, 0.2) is 11.6 Å². The van der Waals surface area contributed by atoms with Gasteiger partial charge in [0, 0.05) is 31.7 Å². The number of nitrogens with zero attached hydrogens (tertiary/aromatic N) is 2. The molecule has 1 fully saturated rings. The first-order chi connectivity index (χ1) is 9.19. The summed E-state index contributed by atoms with van der Waals surface area (Å²) in [4.78, 5) is 1.81. The van der Waals surface area contributed by atoms with Crippen LogP contribution in [0.25, 0.3) is 0 Å². The number of nitriles is 1. The van der Waals surface area contributed by atoms with E-state index in [4.69, 9.17) is 5.26 Å². The molecule has 8 heteroatoms. The Morgan fingerprint density at radius 3 is 2.48 bits per heavy atom. The molecular weight excluding hydrogens is 323 g/mol. The van der Waals surface area contributed by atoms with Gasteiger partial charge < -0.3 is 10.4 Å². The van der Waals surface area contributed by atoms with Gasteiger partial charge in [-0.25, -0.2) is 8.78 Å². The minimum Gasteiger partial charge on any atom is -0.505 e. The predicted molar refractivity (Wildman–Crippen MR) is 80.4 cm³/mol. The number of halogens is 4. The van der Waals surface area contributed by atoms with Crippen molar-refractivity contribution in [3.63, 3.8) is 0 Å². The Morgan fingerprint density at radius 1 is 1.33 bits per heavy atom. The lowest BCUT2D eigenvalue weighted by atomic mass is 9.98. The Hall–Kier alpha value is -1.13. The predicted octanol–water partition coefficient (Wildman–Crippen LogP) is 2.16. The van der Waals surface area contributed by atoms with Crippen LogP contribution in [0.3, 0.4) is 0 Å². The summed E-state index contributed by atoms with van der Waals surface area (Å²) in [6, 6.07) is 3.39. The molecule has 1 saturated heterocycles. The van der Waals surface area contributed by atoms with Crippen LogP contribution in [-0.4, -0.2) is 42.9 Å². The van der Waals surface area contributed by atoms with Crippen LogP contribution in [-0.2, 0) is 0 Å². The molecule has 2 N–H and O–H groups in total. The lowest BCUT2D eigenvalue weighted by molar-refractivity contribution is 0.144. The third kappa shape index (κ3) is 4.17. The maximum Gasteiger partial charge on any atom is 0.165 e. The third-order valence-corrected chi connectivity index (χ3v) is 3.36. The van der Waals surface area contributed by atoms with E-state index in [1.807, 2.05) is 11.0 Å². The van der Waals surface area contributed by atoms with Crippen molar-refractivity contribution in [2.45, 2.75) is 6.04 Å². The van der Waals surface area contributed by atoms with Crippen LogP contribution >= 0.6 is 24.8 Å². The zero-order valence-electron chi connectivity index (χ0n) is 11.2. The molecule has 2 rings (SSSR count). The monoisotopic (exact) mass is 339 g/mol. The van der Waals surface area contributed by atoms with Crippen molar-refractivity contribution in [3.05, 3.63) is 29.1 Å². The summed E-state index contributed by atoms with van der Waals surface area (Å²) in [6.07, 6.45) is 0. The fourth-order valence-corrected chi connectivity index (χ4v) is 2.37. The number of nitrogens with one attached hydrogen (secondary N) is 1. The molecule has 0 aromatic heterocycles. The first-order valence-corrected chi connectivity index (χ1v) is 6.11. The van der Waals surface area contributed by atoms with Crippen LogP contribution < -0.4 is 5.32 Å². The molecule has 4 nitrogen and oxygen atoms in total. The van der Waals surface area contributed by atoms with Crippen LogP contribution in [0.1, 0.15) is 17.2 Å². The molecular formula is C13H17Cl2F2N3O. The highest BCUT2D eigenvalue weighted by atomic mass is 35.5. The molecule has 0 saturated carbocycles. The van der Waals surface area contributed by atoms with Crippen molar-refractivity contribution in [1.82, 2.24) is 10.2 Å². The number of phenols is 1. The average Bonchev–Trinajstić information content (AvgIpc) is 2.45. The minimum absolute atomic E-state index is 0. The number of aromatic hydroxyl groups is 1.